The Labute approximate surface area is 113 Å². The number of carbonyl (C=O) groups excluding carboxylic acids is 1. The summed E-state index contributed by atoms with van der Waals surface area (Å²) >= 11 is 0. The molecule has 3 aliphatic rings. The SMILES string of the molecule is CC1(C)CCC[C@@]2(C)[C@H]1CC[C@]1(O)COC(=O)[C@@]12F. The molecule has 108 valence electrons. The molecule has 3 nitrogen and oxygen atoms in total. The maximum absolute atomic E-state index is 15.7. The minimum Gasteiger partial charge on any atom is -0.460 e. The number of cyclic esters (lactones) is 1. The van der Waals surface area contributed by atoms with Crippen molar-refractivity contribution in [3.63, 3.8) is 0 Å². The van der Waals surface area contributed by atoms with E-state index in [9.17, 15) is 9.90 Å². The summed E-state index contributed by atoms with van der Waals surface area (Å²) in [7, 11) is 0. The lowest BCUT2D eigenvalue weighted by Gasteiger charge is -2.60. The largest absolute Gasteiger partial charge is 0.460 e. The second-order valence-corrected chi connectivity index (χ2v) is 7.62. The van der Waals surface area contributed by atoms with Gasteiger partial charge in [0.25, 0.3) is 0 Å². The zero-order valence-electron chi connectivity index (χ0n) is 12.0. The van der Waals surface area contributed by atoms with Crippen LogP contribution in [0.25, 0.3) is 0 Å². The van der Waals surface area contributed by atoms with Gasteiger partial charge < -0.3 is 9.84 Å². The molecule has 0 aromatic carbocycles. The Morgan fingerprint density at radius 2 is 1.95 bits per heavy atom. The van der Waals surface area contributed by atoms with Crippen molar-refractivity contribution in [1.29, 1.82) is 0 Å². The molecule has 0 radical (unpaired) electrons. The number of esters is 1. The Morgan fingerprint density at radius 3 is 2.63 bits per heavy atom. The van der Waals surface area contributed by atoms with Gasteiger partial charge in [-0.05, 0) is 37.0 Å². The number of fused-ring (bicyclic) bond motifs is 3. The summed E-state index contributed by atoms with van der Waals surface area (Å²) in [5, 5.41) is 10.6. The highest BCUT2D eigenvalue weighted by molar-refractivity contribution is 5.85. The van der Waals surface area contributed by atoms with Gasteiger partial charge in [-0.25, -0.2) is 9.18 Å². The lowest BCUT2D eigenvalue weighted by molar-refractivity contribution is -0.219. The Hall–Kier alpha value is -0.640. The Morgan fingerprint density at radius 1 is 1.26 bits per heavy atom. The number of ether oxygens (including phenoxy) is 1. The molecule has 0 unspecified atom stereocenters. The molecule has 1 aliphatic heterocycles. The fourth-order valence-corrected chi connectivity index (χ4v) is 5.21. The van der Waals surface area contributed by atoms with Gasteiger partial charge in [0, 0.05) is 5.41 Å². The van der Waals surface area contributed by atoms with Gasteiger partial charge in [0.2, 0.25) is 5.67 Å². The molecule has 2 aliphatic carbocycles. The van der Waals surface area contributed by atoms with Crippen molar-refractivity contribution in [3.05, 3.63) is 0 Å². The van der Waals surface area contributed by atoms with Gasteiger partial charge in [-0.1, -0.05) is 27.2 Å². The zero-order valence-corrected chi connectivity index (χ0v) is 12.0. The number of rotatable bonds is 0. The van der Waals surface area contributed by atoms with Gasteiger partial charge in [0.15, 0.2) is 0 Å². The van der Waals surface area contributed by atoms with Crippen LogP contribution in [0.1, 0.15) is 52.9 Å². The first-order chi connectivity index (χ1) is 8.67. The van der Waals surface area contributed by atoms with Gasteiger partial charge >= 0.3 is 5.97 Å². The highest BCUT2D eigenvalue weighted by atomic mass is 19.1. The lowest BCUT2D eigenvalue weighted by atomic mass is 9.45. The number of carbonyl (C=O) groups is 1. The van der Waals surface area contributed by atoms with Gasteiger partial charge in [0.1, 0.15) is 12.2 Å². The van der Waals surface area contributed by atoms with Gasteiger partial charge in [-0.2, -0.15) is 0 Å². The maximum Gasteiger partial charge on any atom is 0.347 e. The first-order valence-corrected chi connectivity index (χ1v) is 7.26. The van der Waals surface area contributed by atoms with Crippen LogP contribution in [0, 0.1) is 16.7 Å². The lowest BCUT2D eigenvalue weighted by Crippen LogP contribution is -2.69. The second-order valence-electron chi connectivity index (χ2n) is 7.62. The third kappa shape index (κ3) is 1.34. The molecule has 19 heavy (non-hydrogen) atoms. The third-order valence-electron chi connectivity index (χ3n) is 6.23. The molecule has 0 spiro atoms. The topological polar surface area (TPSA) is 46.5 Å². The molecular weight excluding hydrogens is 247 g/mol. The third-order valence-corrected chi connectivity index (χ3v) is 6.23. The van der Waals surface area contributed by atoms with Crippen LogP contribution in [0.15, 0.2) is 0 Å². The summed E-state index contributed by atoms with van der Waals surface area (Å²) in [5.74, 6) is -0.732. The number of hydrogen-bond donors (Lipinski definition) is 1. The van der Waals surface area contributed by atoms with E-state index in [2.05, 4.69) is 13.8 Å². The first-order valence-electron chi connectivity index (χ1n) is 7.26. The Bertz CT molecular complexity index is 435. The first kappa shape index (κ1) is 13.3. The highest BCUT2D eigenvalue weighted by Gasteiger charge is 2.77. The van der Waals surface area contributed by atoms with Crippen LogP contribution >= 0.6 is 0 Å². The molecular formula is C15H23FO3. The number of hydrogen-bond acceptors (Lipinski definition) is 3. The summed E-state index contributed by atoms with van der Waals surface area (Å²) in [6, 6.07) is 0. The van der Waals surface area contributed by atoms with E-state index >= 15 is 4.39 Å². The summed E-state index contributed by atoms with van der Waals surface area (Å²) in [4.78, 5) is 12.0. The van der Waals surface area contributed by atoms with Crippen LogP contribution in [0.2, 0.25) is 0 Å². The van der Waals surface area contributed by atoms with Crippen LogP contribution in [0.3, 0.4) is 0 Å². The quantitative estimate of drug-likeness (QED) is 0.688. The number of halogens is 1. The molecule has 2 saturated carbocycles. The van der Waals surface area contributed by atoms with Crippen LogP contribution in [0.4, 0.5) is 4.39 Å². The molecule has 4 atom stereocenters. The van der Waals surface area contributed by atoms with E-state index in [1.807, 2.05) is 6.92 Å². The summed E-state index contributed by atoms with van der Waals surface area (Å²) in [5.41, 5.74) is -4.66. The zero-order chi connectivity index (χ0) is 14.1. The van der Waals surface area contributed by atoms with E-state index in [0.717, 1.165) is 19.3 Å². The highest BCUT2D eigenvalue weighted by Crippen LogP contribution is 2.66. The normalized spacial score (nSPS) is 52.3. The van der Waals surface area contributed by atoms with Crippen molar-refractivity contribution in [1.82, 2.24) is 0 Å². The predicted molar refractivity (Wildman–Crippen MR) is 68.2 cm³/mol. The fourth-order valence-electron chi connectivity index (χ4n) is 5.21. The summed E-state index contributed by atoms with van der Waals surface area (Å²) in [6.07, 6.45) is 3.68. The van der Waals surface area contributed by atoms with E-state index in [1.54, 1.807) is 0 Å². The van der Waals surface area contributed by atoms with E-state index in [-0.39, 0.29) is 17.9 Å². The average molecular weight is 270 g/mol. The molecule has 1 saturated heterocycles. The van der Waals surface area contributed by atoms with Crippen LogP contribution in [0.5, 0.6) is 0 Å². The summed E-state index contributed by atoms with van der Waals surface area (Å²) < 4.78 is 20.6. The second kappa shape index (κ2) is 3.51. The standard InChI is InChI=1S/C15H23FO3/c1-12(2)6-4-7-13(3)10(12)5-8-14(18)9-19-11(17)15(13,14)16/h10,18H,4-9H2,1-3H3/t10-,13-,14-,15-/m0/s1. The monoisotopic (exact) mass is 270 g/mol. The van der Waals surface area contributed by atoms with Crippen molar-refractivity contribution in [2.24, 2.45) is 16.7 Å². The molecule has 3 rings (SSSR count). The van der Waals surface area contributed by atoms with Crippen LogP contribution in [-0.2, 0) is 9.53 Å². The van der Waals surface area contributed by atoms with Crippen molar-refractivity contribution >= 4 is 5.97 Å². The number of aliphatic hydroxyl groups is 1. The molecule has 0 amide bonds. The Kier molecular flexibility index (Phi) is 2.47. The fraction of sp³-hybridized carbons (Fsp3) is 0.933. The predicted octanol–water partition coefficient (Wildman–Crippen LogP) is 2.61. The van der Waals surface area contributed by atoms with Crippen molar-refractivity contribution < 1.29 is 19.0 Å². The average Bonchev–Trinajstić information content (AvgIpc) is 2.54. The minimum absolute atomic E-state index is 0.0102. The van der Waals surface area contributed by atoms with Gasteiger partial charge in [-0.3, -0.25) is 0 Å². The van der Waals surface area contributed by atoms with E-state index in [4.69, 9.17) is 4.74 Å². The molecule has 0 bridgehead atoms. The molecule has 1 heterocycles. The maximum atomic E-state index is 15.7. The smallest absolute Gasteiger partial charge is 0.347 e. The number of alkyl halides is 1. The Balaban J connectivity index is 2.13. The van der Waals surface area contributed by atoms with Crippen molar-refractivity contribution in [2.45, 2.75) is 64.1 Å². The molecule has 1 N–H and O–H groups in total. The van der Waals surface area contributed by atoms with Gasteiger partial charge in [0.05, 0.1) is 0 Å². The van der Waals surface area contributed by atoms with Crippen LogP contribution in [-0.4, -0.2) is 29.0 Å². The van der Waals surface area contributed by atoms with Crippen LogP contribution < -0.4 is 0 Å². The molecule has 3 fully saturated rings. The molecule has 0 aromatic heterocycles. The van der Waals surface area contributed by atoms with Gasteiger partial charge in [-0.15, -0.1) is 0 Å². The van der Waals surface area contributed by atoms with E-state index in [0.29, 0.717) is 12.8 Å². The minimum atomic E-state index is -2.24. The van der Waals surface area contributed by atoms with Crippen molar-refractivity contribution in [3.8, 4) is 0 Å². The molecule has 0 aromatic rings. The summed E-state index contributed by atoms with van der Waals surface area (Å²) in [6.45, 7) is 5.96. The van der Waals surface area contributed by atoms with E-state index in [1.165, 1.54) is 0 Å². The molecule has 4 heteroatoms. The van der Waals surface area contributed by atoms with Crippen molar-refractivity contribution in [2.75, 3.05) is 6.61 Å². The van der Waals surface area contributed by atoms with E-state index < -0.39 is 22.7 Å².